The Bertz CT molecular complexity index is 521. The SMILES string of the molecule is O=c1[nH]c2ncc(I)cc2cc1O. The van der Waals surface area contributed by atoms with Crippen molar-refractivity contribution in [2.24, 2.45) is 0 Å². The molecule has 2 heterocycles. The summed E-state index contributed by atoms with van der Waals surface area (Å²) in [6, 6.07) is 3.24. The van der Waals surface area contributed by atoms with Gasteiger partial charge in [0, 0.05) is 15.2 Å². The first-order valence-electron chi connectivity index (χ1n) is 3.54. The van der Waals surface area contributed by atoms with Gasteiger partial charge in [0.25, 0.3) is 5.56 Å². The maximum atomic E-state index is 11.0. The molecule has 0 saturated heterocycles. The minimum atomic E-state index is -0.513. The van der Waals surface area contributed by atoms with E-state index in [9.17, 15) is 4.79 Å². The number of aromatic amines is 1. The summed E-state index contributed by atoms with van der Waals surface area (Å²) in [6.45, 7) is 0. The van der Waals surface area contributed by atoms with Gasteiger partial charge in [0.2, 0.25) is 0 Å². The predicted molar refractivity (Wildman–Crippen MR) is 56.7 cm³/mol. The summed E-state index contributed by atoms with van der Waals surface area (Å²) < 4.78 is 0.955. The van der Waals surface area contributed by atoms with E-state index >= 15 is 0 Å². The molecule has 0 amide bonds. The van der Waals surface area contributed by atoms with Crippen LogP contribution >= 0.6 is 22.6 Å². The number of aromatic hydroxyl groups is 1. The molecule has 0 unspecified atom stereocenters. The number of H-pyrrole nitrogens is 1. The monoisotopic (exact) mass is 288 g/mol. The Morgan fingerprint density at radius 2 is 2.23 bits per heavy atom. The van der Waals surface area contributed by atoms with Gasteiger partial charge in [-0.25, -0.2) is 4.98 Å². The first-order valence-corrected chi connectivity index (χ1v) is 4.62. The molecule has 0 radical (unpaired) electrons. The number of aromatic nitrogens is 2. The lowest BCUT2D eigenvalue weighted by atomic mass is 10.3. The molecule has 0 bridgehead atoms. The molecule has 5 heteroatoms. The highest BCUT2D eigenvalue weighted by Crippen LogP contribution is 2.14. The second-order valence-electron chi connectivity index (χ2n) is 2.58. The summed E-state index contributed by atoms with van der Waals surface area (Å²) in [5.74, 6) is -0.281. The summed E-state index contributed by atoms with van der Waals surface area (Å²) in [7, 11) is 0. The minimum absolute atomic E-state index is 0.281. The standard InChI is InChI=1S/C8H5IN2O2/c9-5-1-4-2-6(12)8(13)11-7(4)10-3-5/h1-3,12H,(H,10,11,13). The van der Waals surface area contributed by atoms with E-state index in [4.69, 9.17) is 5.11 Å². The van der Waals surface area contributed by atoms with E-state index in [0.29, 0.717) is 5.65 Å². The Hall–Kier alpha value is -1.11. The van der Waals surface area contributed by atoms with Crippen molar-refractivity contribution in [1.29, 1.82) is 0 Å². The van der Waals surface area contributed by atoms with Gasteiger partial charge in [-0.15, -0.1) is 0 Å². The highest BCUT2D eigenvalue weighted by molar-refractivity contribution is 14.1. The van der Waals surface area contributed by atoms with Gasteiger partial charge in [0.05, 0.1) is 0 Å². The predicted octanol–water partition coefficient (Wildman–Crippen LogP) is 1.23. The van der Waals surface area contributed by atoms with Gasteiger partial charge in [-0.1, -0.05) is 0 Å². The van der Waals surface area contributed by atoms with Gasteiger partial charge in [-0.3, -0.25) is 4.79 Å². The van der Waals surface area contributed by atoms with Gasteiger partial charge in [0.15, 0.2) is 5.75 Å². The van der Waals surface area contributed by atoms with Crippen LogP contribution in [0.25, 0.3) is 11.0 Å². The molecule has 0 saturated carbocycles. The summed E-state index contributed by atoms with van der Waals surface area (Å²) in [5, 5.41) is 9.86. The van der Waals surface area contributed by atoms with Crippen LogP contribution in [-0.4, -0.2) is 15.1 Å². The molecule has 13 heavy (non-hydrogen) atoms. The molecule has 2 aromatic rings. The molecule has 2 N–H and O–H groups in total. The van der Waals surface area contributed by atoms with Crippen molar-refractivity contribution in [3.8, 4) is 5.75 Å². The van der Waals surface area contributed by atoms with E-state index in [-0.39, 0.29) is 5.75 Å². The van der Waals surface area contributed by atoms with E-state index in [1.54, 1.807) is 6.20 Å². The number of hydrogen-bond donors (Lipinski definition) is 2. The zero-order valence-electron chi connectivity index (χ0n) is 6.41. The second kappa shape index (κ2) is 2.99. The van der Waals surface area contributed by atoms with Crippen molar-refractivity contribution in [3.63, 3.8) is 0 Å². The van der Waals surface area contributed by atoms with Crippen LogP contribution in [0.2, 0.25) is 0 Å². The van der Waals surface area contributed by atoms with Crippen molar-refractivity contribution in [2.75, 3.05) is 0 Å². The zero-order valence-corrected chi connectivity index (χ0v) is 8.57. The third-order valence-corrected chi connectivity index (χ3v) is 2.23. The Labute approximate surface area is 86.8 Å². The van der Waals surface area contributed by atoms with Gasteiger partial charge >= 0.3 is 0 Å². The fourth-order valence-electron chi connectivity index (χ4n) is 1.05. The molecule has 0 spiro atoms. The molecule has 66 valence electrons. The first kappa shape index (κ1) is 8.49. The Morgan fingerprint density at radius 1 is 1.46 bits per heavy atom. The third-order valence-electron chi connectivity index (χ3n) is 1.64. The van der Waals surface area contributed by atoms with Crippen molar-refractivity contribution in [2.45, 2.75) is 0 Å². The lowest BCUT2D eigenvalue weighted by molar-refractivity contribution is 0.468. The highest BCUT2D eigenvalue weighted by Gasteiger charge is 2.01. The minimum Gasteiger partial charge on any atom is -0.503 e. The number of pyridine rings is 2. The van der Waals surface area contributed by atoms with E-state index in [1.807, 2.05) is 6.07 Å². The van der Waals surface area contributed by atoms with Crippen LogP contribution in [0.15, 0.2) is 23.1 Å². The number of nitrogens with zero attached hydrogens (tertiary/aromatic N) is 1. The van der Waals surface area contributed by atoms with Crippen molar-refractivity contribution >= 4 is 33.6 Å². The zero-order chi connectivity index (χ0) is 9.42. The lowest BCUT2D eigenvalue weighted by Crippen LogP contribution is -2.05. The molecule has 0 aliphatic rings. The number of fused-ring (bicyclic) bond motifs is 1. The average Bonchev–Trinajstić information content (AvgIpc) is 2.08. The fraction of sp³-hybridized carbons (Fsp3) is 0. The van der Waals surface area contributed by atoms with Gasteiger partial charge in [-0.05, 0) is 34.7 Å². The molecule has 2 aromatic heterocycles. The normalized spacial score (nSPS) is 10.5. The first-order chi connectivity index (χ1) is 6.16. The van der Waals surface area contributed by atoms with Crippen LogP contribution in [-0.2, 0) is 0 Å². The van der Waals surface area contributed by atoms with Crippen molar-refractivity contribution in [1.82, 2.24) is 9.97 Å². The van der Waals surface area contributed by atoms with Crippen LogP contribution in [0.4, 0.5) is 0 Å². The number of hydrogen-bond acceptors (Lipinski definition) is 3. The quantitative estimate of drug-likeness (QED) is 0.717. The van der Waals surface area contributed by atoms with Crippen LogP contribution in [0, 0.1) is 3.57 Å². The van der Waals surface area contributed by atoms with E-state index < -0.39 is 5.56 Å². The summed E-state index contributed by atoms with van der Waals surface area (Å²) in [4.78, 5) is 17.4. The van der Waals surface area contributed by atoms with Crippen LogP contribution < -0.4 is 5.56 Å². The number of rotatable bonds is 0. The van der Waals surface area contributed by atoms with Crippen molar-refractivity contribution in [3.05, 3.63) is 32.3 Å². The molecule has 0 aliphatic carbocycles. The summed E-state index contributed by atoms with van der Waals surface area (Å²) >= 11 is 2.11. The van der Waals surface area contributed by atoms with E-state index in [0.717, 1.165) is 8.96 Å². The smallest absolute Gasteiger partial charge is 0.291 e. The fourth-order valence-corrected chi connectivity index (χ4v) is 1.53. The molecular formula is C8H5IN2O2. The van der Waals surface area contributed by atoms with Gasteiger partial charge < -0.3 is 10.1 Å². The van der Waals surface area contributed by atoms with Crippen molar-refractivity contribution < 1.29 is 5.11 Å². The largest absolute Gasteiger partial charge is 0.503 e. The van der Waals surface area contributed by atoms with Crippen LogP contribution in [0.5, 0.6) is 5.75 Å². The molecule has 0 atom stereocenters. The van der Waals surface area contributed by atoms with Gasteiger partial charge in [-0.2, -0.15) is 0 Å². The third kappa shape index (κ3) is 1.51. The maximum Gasteiger partial charge on any atom is 0.291 e. The van der Waals surface area contributed by atoms with E-state index in [1.165, 1.54) is 6.07 Å². The Kier molecular flexibility index (Phi) is 1.95. The summed E-state index contributed by atoms with van der Waals surface area (Å²) in [6.07, 6.45) is 1.65. The topological polar surface area (TPSA) is 66.0 Å². The molecule has 0 aliphatic heterocycles. The molecular weight excluding hydrogens is 283 g/mol. The average molecular weight is 288 g/mol. The Morgan fingerprint density at radius 3 is 3.00 bits per heavy atom. The van der Waals surface area contributed by atoms with Crippen LogP contribution in [0.1, 0.15) is 0 Å². The van der Waals surface area contributed by atoms with Crippen LogP contribution in [0.3, 0.4) is 0 Å². The highest BCUT2D eigenvalue weighted by atomic mass is 127. The molecule has 2 rings (SSSR count). The maximum absolute atomic E-state index is 11.0. The second-order valence-corrected chi connectivity index (χ2v) is 3.82. The Balaban J connectivity index is 2.89. The molecule has 0 fully saturated rings. The number of nitrogens with one attached hydrogen (secondary N) is 1. The lowest BCUT2D eigenvalue weighted by Gasteiger charge is -1.97. The summed E-state index contributed by atoms with van der Waals surface area (Å²) in [5.41, 5.74) is -0.0237. The van der Waals surface area contributed by atoms with Gasteiger partial charge in [0.1, 0.15) is 5.65 Å². The molecule has 0 aromatic carbocycles. The van der Waals surface area contributed by atoms with E-state index in [2.05, 4.69) is 32.6 Å². The molecule has 4 nitrogen and oxygen atoms in total. The number of halogens is 1.